The third-order valence-electron chi connectivity index (χ3n) is 3.89. The molecule has 1 aromatic carbocycles. The zero-order valence-electron chi connectivity index (χ0n) is 14.0. The fraction of sp³-hybridized carbons (Fsp3) is 0.0500. The number of rotatable bonds is 5. The van der Waals surface area contributed by atoms with E-state index in [-0.39, 0.29) is 12.2 Å². The molecule has 0 bridgehead atoms. The molecule has 0 spiro atoms. The Morgan fingerprint density at radius 3 is 2.70 bits per heavy atom. The largest absolute Gasteiger partial charge is 0.454 e. The van der Waals surface area contributed by atoms with E-state index < -0.39 is 11.5 Å². The molecule has 27 heavy (non-hydrogen) atoms. The lowest BCUT2D eigenvalue weighted by atomic mass is 10.1. The summed E-state index contributed by atoms with van der Waals surface area (Å²) < 4.78 is 10.4. The molecule has 0 fully saturated rings. The van der Waals surface area contributed by atoms with E-state index in [0.717, 1.165) is 10.4 Å². The molecule has 0 radical (unpaired) electrons. The number of nitrogens with one attached hydrogen (secondary N) is 1. The Kier molecular flexibility index (Phi) is 4.67. The first-order chi connectivity index (χ1) is 13.2. The number of nitrogens with zero attached hydrogens (tertiary/aromatic N) is 1. The Balaban J connectivity index is 1.44. The van der Waals surface area contributed by atoms with Crippen LogP contribution in [-0.2, 0) is 11.3 Å². The van der Waals surface area contributed by atoms with Gasteiger partial charge in [0.2, 0.25) is 0 Å². The molecule has 134 valence electrons. The number of hydrogen-bond donors (Lipinski definition) is 1. The summed E-state index contributed by atoms with van der Waals surface area (Å²) in [7, 11) is 0. The maximum absolute atomic E-state index is 12.2. The van der Waals surface area contributed by atoms with Crippen LogP contribution >= 0.6 is 11.3 Å². The molecule has 0 atom stereocenters. The summed E-state index contributed by atoms with van der Waals surface area (Å²) >= 11 is 1.50. The maximum atomic E-state index is 12.2. The third kappa shape index (κ3) is 3.73. The first-order valence-corrected chi connectivity index (χ1v) is 9.04. The van der Waals surface area contributed by atoms with Crippen molar-refractivity contribution in [2.75, 3.05) is 0 Å². The lowest BCUT2D eigenvalue weighted by Gasteiger charge is -2.03. The highest BCUT2D eigenvalue weighted by Crippen LogP contribution is 2.22. The Morgan fingerprint density at radius 2 is 1.96 bits per heavy atom. The van der Waals surface area contributed by atoms with Crippen LogP contribution in [0.5, 0.6) is 0 Å². The van der Waals surface area contributed by atoms with Crippen molar-refractivity contribution in [2.24, 2.45) is 0 Å². The van der Waals surface area contributed by atoms with Crippen molar-refractivity contribution in [1.82, 2.24) is 10.1 Å². The number of thiophene rings is 1. The second-order valence-corrected chi connectivity index (χ2v) is 6.66. The summed E-state index contributed by atoms with van der Waals surface area (Å²) in [6.45, 7) is -0.106. The molecule has 0 aliphatic heterocycles. The number of benzene rings is 1. The van der Waals surface area contributed by atoms with Crippen LogP contribution in [0.1, 0.15) is 16.1 Å². The molecule has 0 amide bonds. The first-order valence-electron chi connectivity index (χ1n) is 8.16. The third-order valence-corrected chi connectivity index (χ3v) is 4.79. The van der Waals surface area contributed by atoms with Gasteiger partial charge in [-0.15, -0.1) is 11.3 Å². The fourth-order valence-electron chi connectivity index (χ4n) is 2.55. The van der Waals surface area contributed by atoms with Crippen LogP contribution in [0.25, 0.3) is 21.8 Å². The van der Waals surface area contributed by atoms with Crippen molar-refractivity contribution in [2.45, 2.75) is 6.61 Å². The van der Waals surface area contributed by atoms with E-state index in [2.05, 4.69) is 10.1 Å². The molecule has 0 aliphatic carbocycles. The van der Waals surface area contributed by atoms with E-state index >= 15 is 0 Å². The predicted octanol–water partition coefficient (Wildman–Crippen LogP) is 4.12. The van der Waals surface area contributed by atoms with Crippen molar-refractivity contribution in [3.8, 4) is 21.8 Å². The summed E-state index contributed by atoms with van der Waals surface area (Å²) in [4.78, 5) is 28.0. The number of ether oxygens (including phenoxy) is 1. The van der Waals surface area contributed by atoms with Gasteiger partial charge in [-0.2, -0.15) is 0 Å². The van der Waals surface area contributed by atoms with Crippen molar-refractivity contribution < 1.29 is 14.1 Å². The van der Waals surface area contributed by atoms with Gasteiger partial charge in [0.1, 0.15) is 11.3 Å². The van der Waals surface area contributed by atoms with E-state index in [9.17, 15) is 9.59 Å². The molecule has 1 N–H and O–H groups in total. The minimum atomic E-state index is -0.716. The van der Waals surface area contributed by atoms with Gasteiger partial charge in [0, 0.05) is 11.6 Å². The minimum Gasteiger partial charge on any atom is -0.454 e. The Labute approximate surface area is 158 Å². The maximum Gasteiger partial charge on any atom is 0.344 e. The smallest absolute Gasteiger partial charge is 0.344 e. The molecule has 0 unspecified atom stereocenters. The highest BCUT2D eigenvalue weighted by atomic mass is 32.1. The second kappa shape index (κ2) is 7.43. The van der Waals surface area contributed by atoms with Gasteiger partial charge < -0.3 is 14.2 Å². The van der Waals surface area contributed by atoms with Crippen LogP contribution in [0.4, 0.5) is 0 Å². The molecule has 0 saturated heterocycles. The van der Waals surface area contributed by atoms with Crippen LogP contribution in [-0.4, -0.2) is 16.1 Å². The van der Waals surface area contributed by atoms with E-state index in [0.29, 0.717) is 17.1 Å². The number of carbonyl (C=O) groups is 1. The SMILES string of the molecule is O=C(OCc1cc(-c2ccccc2)no1)c1ccc(-c2cccs2)[nH]c1=O. The first kappa shape index (κ1) is 17.0. The van der Waals surface area contributed by atoms with Crippen molar-refractivity contribution in [1.29, 1.82) is 0 Å². The molecule has 3 aromatic heterocycles. The van der Waals surface area contributed by atoms with Gasteiger partial charge in [0.25, 0.3) is 5.56 Å². The number of aromatic amines is 1. The van der Waals surface area contributed by atoms with Crippen molar-refractivity contribution in [3.05, 3.63) is 87.7 Å². The van der Waals surface area contributed by atoms with Crippen LogP contribution in [0, 0.1) is 0 Å². The van der Waals surface area contributed by atoms with Gasteiger partial charge in [-0.25, -0.2) is 4.79 Å². The average Bonchev–Trinajstić information content (AvgIpc) is 3.39. The highest BCUT2D eigenvalue weighted by molar-refractivity contribution is 7.13. The summed E-state index contributed by atoms with van der Waals surface area (Å²) in [5.41, 5.74) is 1.67. The zero-order valence-corrected chi connectivity index (χ0v) is 14.9. The van der Waals surface area contributed by atoms with E-state index in [4.69, 9.17) is 9.26 Å². The van der Waals surface area contributed by atoms with Gasteiger partial charge in [-0.1, -0.05) is 41.6 Å². The highest BCUT2D eigenvalue weighted by Gasteiger charge is 2.15. The number of carbonyl (C=O) groups excluding carboxylic acids is 1. The molecule has 6 nitrogen and oxygen atoms in total. The molecule has 4 aromatic rings. The van der Waals surface area contributed by atoms with Gasteiger partial charge in [-0.05, 0) is 23.6 Å². The molecule has 7 heteroatoms. The molecule has 0 aliphatic rings. The van der Waals surface area contributed by atoms with Crippen molar-refractivity contribution in [3.63, 3.8) is 0 Å². The Morgan fingerprint density at radius 1 is 1.11 bits per heavy atom. The summed E-state index contributed by atoms with van der Waals surface area (Å²) in [5.74, 6) is -0.319. The lowest BCUT2D eigenvalue weighted by Crippen LogP contribution is -2.19. The number of esters is 1. The average molecular weight is 378 g/mol. The summed E-state index contributed by atoms with van der Waals surface area (Å²) in [6.07, 6.45) is 0. The van der Waals surface area contributed by atoms with E-state index in [1.54, 1.807) is 12.1 Å². The Hall–Kier alpha value is -3.45. The van der Waals surface area contributed by atoms with Crippen LogP contribution in [0.3, 0.4) is 0 Å². The van der Waals surface area contributed by atoms with Gasteiger partial charge in [0.05, 0.1) is 10.6 Å². The summed E-state index contributed by atoms with van der Waals surface area (Å²) in [5, 5.41) is 5.88. The van der Waals surface area contributed by atoms with Crippen LogP contribution in [0.2, 0.25) is 0 Å². The molecular formula is C20H14N2O4S. The second-order valence-electron chi connectivity index (χ2n) is 5.71. The fourth-order valence-corrected chi connectivity index (χ4v) is 3.26. The summed E-state index contributed by atoms with van der Waals surface area (Å²) in [6, 6.07) is 18.2. The van der Waals surface area contributed by atoms with E-state index in [1.165, 1.54) is 17.4 Å². The van der Waals surface area contributed by atoms with Crippen molar-refractivity contribution >= 4 is 17.3 Å². The number of hydrogen-bond acceptors (Lipinski definition) is 6. The molecule has 0 saturated carbocycles. The number of pyridine rings is 1. The molecular weight excluding hydrogens is 364 g/mol. The van der Waals surface area contributed by atoms with Gasteiger partial charge in [-0.3, -0.25) is 4.79 Å². The van der Waals surface area contributed by atoms with E-state index in [1.807, 2.05) is 47.8 Å². The number of H-pyrrole nitrogens is 1. The van der Waals surface area contributed by atoms with Crippen LogP contribution < -0.4 is 5.56 Å². The Bertz CT molecular complexity index is 1110. The predicted molar refractivity (Wildman–Crippen MR) is 101 cm³/mol. The lowest BCUT2D eigenvalue weighted by molar-refractivity contribution is 0.0435. The minimum absolute atomic E-state index is 0.0573. The van der Waals surface area contributed by atoms with Gasteiger partial charge >= 0.3 is 5.97 Å². The molecule has 4 rings (SSSR count). The quantitative estimate of drug-likeness (QED) is 0.528. The van der Waals surface area contributed by atoms with Gasteiger partial charge in [0.15, 0.2) is 12.4 Å². The standard InChI is InChI=1S/C20H14N2O4S/c23-19-15(8-9-16(21-19)18-7-4-10-27-18)20(24)25-12-14-11-17(22-26-14)13-5-2-1-3-6-13/h1-11H,12H2,(H,21,23). The normalized spacial score (nSPS) is 10.7. The van der Waals surface area contributed by atoms with Crippen LogP contribution in [0.15, 0.2) is 75.4 Å². The number of aromatic nitrogens is 2. The molecule has 3 heterocycles. The zero-order chi connectivity index (χ0) is 18.6. The topological polar surface area (TPSA) is 85.2 Å². The monoisotopic (exact) mass is 378 g/mol.